The Morgan fingerprint density at radius 2 is 1.86 bits per heavy atom. The molecule has 1 aliphatic carbocycles. The molecule has 2 rings (SSSR count). The molecule has 1 saturated carbocycles. The van der Waals surface area contributed by atoms with Crippen LogP contribution in [0.15, 0.2) is 24.5 Å². The van der Waals surface area contributed by atoms with Gasteiger partial charge in [-0.3, -0.25) is 9.78 Å². The Labute approximate surface area is 124 Å². The molecule has 0 atom stereocenters. The Bertz CT molecular complexity index is 484. The average Bonchev–Trinajstić information content (AvgIpc) is 2.96. The second-order valence-corrected chi connectivity index (χ2v) is 5.51. The van der Waals surface area contributed by atoms with Gasteiger partial charge >= 0.3 is 12.0 Å². The highest BCUT2D eigenvalue weighted by atomic mass is 16.4. The molecule has 6 nitrogen and oxygen atoms in total. The van der Waals surface area contributed by atoms with Gasteiger partial charge in [-0.15, -0.1) is 0 Å². The van der Waals surface area contributed by atoms with E-state index >= 15 is 0 Å². The molecule has 2 amide bonds. The van der Waals surface area contributed by atoms with Gasteiger partial charge in [-0.2, -0.15) is 0 Å². The zero-order valence-electron chi connectivity index (χ0n) is 12.0. The number of urea groups is 1. The van der Waals surface area contributed by atoms with Crippen LogP contribution in [0.4, 0.5) is 4.79 Å². The second kappa shape index (κ2) is 7.06. The number of rotatable bonds is 6. The maximum Gasteiger partial charge on any atom is 0.314 e. The minimum atomic E-state index is -0.808. The van der Waals surface area contributed by atoms with Crippen molar-refractivity contribution in [1.29, 1.82) is 0 Å². The minimum Gasteiger partial charge on any atom is -0.481 e. The van der Waals surface area contributed by atoms with E-state index in [1.807, 2.05) is 12.1 Å². The van der Waals surface area contributed by atoms with Crippen molar-refractivity contribution in [3.8, 4) is 0 Å². The molecule has 1 aromatic heterocycles. The maximum absolute atomic E-state index is 11.7. The average molecular weight is 291 g/mol. The lowest BCUT2D eigenvalue weighted by molar-refractivity contribution is -0.148. The molecule has 0 unspecified atom stereocenters. The maximum atomic E-state index is 11.7. The normalized spacial score (nSPS) is 16.4. The molecule has 3 N–H and O–H groups in total. The van der Waals surface area contributed by atoms with Crippen molar-refractivity contribution >= 4 is 12.0 Å². The van der Waals surface area contributed by atoms with Gasteiger partial charge in [0, 0.05) is 25.5 Å². The SMILES string of the molecule is O=C(NCCc1ccncc1)NCC1(C(=O)O)CCCC1. The van der Waals surface area contributed by atoms with Crippen LogP contribution in [0.2, 0.25) is 0 Å². The van der Waals surface area contributed by atoms with E-state index in [1.165, 1.54) is 0 Å². The van der Waals surface area contributed by atoms with E-state index in [0.29, 0.717) is 19.4 Å². The van der Waals surface area contributed by atoms with Gasteiger partial charge in [0.15, 0.2) is 0 Å². The van der Waals surface area contributed by atoms with E-state index in [4.69, 9.17) is 0 Å². The number of carbonyl (C=O) groups is 2. The van der Waals surface area contributed by atoms with Crippen LogP contribution in [0.25, 0.3) is 0 Å². The molecule has 1 heterocycles. The highest BCUT2D eigenvalue weighted by Crippen LogP contribution is 2.37. The number of pyridine rings is 1. The number of amides is 2. The van der Waals surface area contributed by atoms with E-state index in [1.54, 1.807) is 12.4 Å². The van der Waals surface area contributed by atoms with Crippen molar-refractivity contribution in [2.75, 3.05) is 13.1 Å². The van der Waals surface area contributed by atoms with Crippen LogP contribution < -0.4 is 10.6 Å². The minimum absolute atomic E-state index is 0.198. The fourth-order valence-corrected chi connectivity index (χ4v) is 2.70. The van der Waals surface area contributed by atoms with Gasteiger partial charge in [0.2, 0.25) is 0 Å². The van der Waals surface area contributed by atoms with Crippen molar-refractivity contribution in [1.82, 2.24) is 15.6 Å². The number of hydrogen-bond donors (Lipinski definition) is 3. The van der Waals surface area contributed by atoms with E-state index < -0.39 is 11.4 Å². The lowest BCUT2D eigenvalue weighted by atomic mass is 9.86. The summed E-state index contributed by atoms with van der Waals surface area (Å²) in [5.41, 5.74) is 0.325. The van der Waals surface area contributed by atoms with Gasteiger partial charge < -0.3 is 15.7 Å². The van der Waals surface area contributed by atoms with Crippen molar-refractivity contribution in [3.63, 3.8) is 0 Å². The summed E-state index contributed by atoms with van der Waals surface area (Å²) in [6, 6.07) is 3.49. The van der Waals surface area contributed by atoms with Gasteiger partial charge in [-0.1, -0.05) is 12.8 Å². The number of carbonyl (C=O) groups excluding carboxylic acids is 1. The first-order chi connectivity index (χ1) is 10.1. The van der Waals surface area contributed by atoms with Gasteiger partial charge in [-0.05, 0) is 37.0 Å². The Hall–Kier alpha value is -2.11. The third-order valence-corrected chi connectivity index (χ3v) is 4.05. The zero-order chi connectivity index (χ0) is 15.1. The van der Waals surface area contributed by atoms with Crippen LogP contribution in [0.3, 0.4) is 0 Å². The summed E-state index contributed by atoms with van der Waals surface area (Å²) in [4.78, 5) is 27.0. The van der Waals surface area contributed by atoms with Gasteiger partial charge in [0.05, 0.1) is 5.41 Å². The van der Waals surface area contributed by atoms with Crippen molar-refractivity contribution in [3.05, 3.63) is 30.1 Å². The molecule has 0 saturated heterocycles. The van der Waals surface area contributed by atoms with Crippen LogP contribution in [-0.2, 0) is 11.2 Å². The number of carboxylic acid groups (broad SMARTS) is 1. The summed E-state index contributed by atoms with van der Waals surface area (Å²) < 4.78 is 0. The van der Waals surface area contributed by atoms with Gasteiger partial charge in [0.25, 0.3) is 0 Å². The molecule has 6 heteroatoms. The molecule has 0 spiro atoms. The van der Waals surface area contributed by atoms with Crippen LogP contribution in [0.1, 0.15) is 31.2 Å². The van der Waals surface area contributed by atoms with E-state index in [-0.39, 0.29) is 12.6 Å². The molecule has 0 aromatic carbocycles. The Kier molecular flexibility index (Phi) is 5.14. The predicted octanol–water partition coefficient (Wildman–Crippen LogP) is 1.57. The molecule has 1 aromatic rings. The number of nitrogens with one attached hydrogen (secondary N) is 2. The second-order valence-electron chi connectivity index (χ2n) is 5.51. The molecular formula is C15H21N3O3. The zero-order valence-corrected chi connectivity index (χ0v) is 12.0. The third-order valence-electron chi connectivity index (χ3n) is 4.05. The third kappa shape index (κ3) is 4.18. The van der Waals surface area contributed by atoms with Crippen LogP contribution in [-0.4, -0.2) is 35.2 Å². The topological polar surface area (TPSA) is 91.3 Å². The number of nitrogens with zero attached hydrogens (tertiary/aromatic N) is 1. The first-order valence-electron chi connectivity index (χ1n) is 7.26. The molecule has 0 radical (unpaired) electrons. The predicted molar refractivity (Wildman–Crippen MR) is 77.9 cm³/mol. The van der Waals surface area contributed by atoms with E-state index in [9.17, 15) is 14.7 Å². The lowest BCUT2D eigenvalue weighted by Crippen LogP contribution is -2.45. The Morgan fingerprint density at radius 3 is 2.48 bits per heavy atom. The molecule has 114 valence electrons. The summed E-state index contributed by atoms with van der Waals surface area (Å²) in [5.74, 6) is -0.808. The monoisotopic (exact) mass is 291 g/mol. The number of carboxylic acids is 1. The summed E-state index contributed by atoms with van der Waals surface area (Å²) in [5, 5.41) is 14.8. The summed E-state index contributed by atoms with van der Waals surface area (Å²) in [7, 11) is 0. The summed E-state index contributed by atoms with van der Waals surface area (Å²) >= 11 is 0. The Morgan fingerprint density at radius 1 is 1.19 bits per heavy atom. The van der Waals surface area contributed by atoms with Crippen molar-refractivity contribution in [2.24, 2.45) is 5.41 Å². The van der Waals surface area contributed by atoms with E-state index in [2.05, 4.69) is 15.6 Å². The van der Waals surface area contributed by atoms with Crippen LogP contribution in [0, 0.1) is 5.41 Å². The quantitative estimate of drug-likeness (QED) is 0.742. The fourth-order valence-electron chi connectivity index (χ4n) is 2.70. The highest BCUT2D eigenvalue weighted by Gasteiger charge is 2.41. The van der Waals surface area contributed by atoms with Gasteiger partial charge in [-0.25, -0.2) is 4.79 Å². The first kappa shape index (κ1) is 15.3. The molecular weight excluding hydrogens is 270 g/mol. The summed E-state index contributed by atoms with van der Waals surface area (Å²) in [6.45, 7) is 0.708. The lowest BCUT2D eigenvalue weighted by Gasteiger charge is -2.24. The Balaban J connectivity index is 1.71. The fraction of sp³-hybridized carbons (Fsp3) is 0.533. The number of aliphatic carboxylic acids is 1. The highest BCUT2D eigenvalue weighted by molar-refractivity contribution is 5.78. The molecule has 0 bridgehead atoms. The number of hydrogen-bond acceptors (Lipinski definition) is 3. The van der Waals surface area contributed by atoms with Crippen LogP contribution >= 0.6 is 0 Å². The van der Waals surface area contributed by atoms with E-state index in [0.717, 1.165) is 24.8 Å². The summed E-state index contributed by atoms with van der Waals surface area (Å²) in [6.07, 6.45) is 7.26. The standard InChI is InChI=1S/C15H21N3O3/c19-13(20)15(6-1-2-7-15)11-18-14(21)17-10-5-12-3-8-16-9-4-12/h3-4,8-9H,1-2,5-7,10-11H2,(H,19,20)(H2,17,18,21). The molecule has 0 aliphatic heterocycles. The molecule has 1 aliphatic rings. The molecule has 1 fully saturated rings. The largest absolute Gasteiger partial charge is 0.481 e. The smallest absolute Gasteiger partial charge is 0.314 e. The van der Waals surface area contributed by atoms with Crippen LogP contribution in [0.5, 0.6) is 0 Å². The van der Waals surface area contributed by atoms with Gasteiger partial charge in [0.1, 0.15) is 0 Å². The van der Waals surface area contributed by atoms with Crippen molar-refractivity contribution in [2.45, 2.75) is 32.1 Å². The number of aromatic nitrogens is 1. The first-order valence-corrected chi connectivity index (χ1v) is 7.26. The molecule has 21 heavy (non-hydrogen) atoms. The van der Waals surface area contributed by atoms with Crippen molar-refractivity contribution < 1.29 is 14.7 Å².